The molecule has 4 aromatic rings. The highest BCUT2D eigenvalue weighted by Gasteiger charge is 2.23. The van der Waals surface area contributed by atoms with Gasteiger partial charge in [0.05, 0.1) is 11.0 Å². The second-order valence-corrected chi connectivity index (χ2v) is 8.69. The van der Waals surface area contributed by atoms with Crippen molar-refractivity contribution in [3.8, 4) is 0 Å². The molecule has 0 aliphatic carbocycles. The zero-order valence-corrected chi connectivity index (χ0v) is 18.9. The summed E-state index contributed by atoms with van der Waals surface area (Å²) in [6.45, 7) is 0.706. The minimum absolute atomic E-state index is 0.158. The Hall–Kier alpha value is -3.38. The second-order valence-electron chi connectivity index (χ2n) is 7.68. The van der Waals surface area contributed by atoms with Crippen molar-refractivity contribution in [3.63, 3.8) is 0 Å². The van der Waals surface area contributed by atoms with Crippen LogP contribution in [0.25, 0.3) is 21.4 Å². The van der Waals surface area contributed by atoms with Crippen LogP contribution in [0.5, 0.6) is 0 Å². The Labute approximate surface area is 185 Å². The fraction of sp³-hybridized carbons (Fsp3) is 0.350. The van der Waals surface area contributed by atoms with Gasteiger partial charge in [-0.1, -0.05) is 17.4 Å². The number of carbonyl (C=O) groups is 1. The molecule has 0 N–H and O–H groups in total. The number of aromatic nitrogens is 5. The van der Waals surface area contributed by atoms with Gasteiger partial charge in [0, 0.05) is 27.2 Å². The maximum absolute atomic E-state index is 14.2. The normalized spacial score (nSPS) is 11.7. The SMILES string of the molecule is CN(C)CCN(C(=O)Cn1cnc2c1c(=O)n(C)c(=O)n2C)c1nc2c(F)cccc2s1. The van der Waals surface area contributed by atoms with E-state index in [2.05, 4.69) is 9.97 Å². The van der Waals surface area contributed by atoms with E-state index in [-0.39, 0.29) is 29.1 Å². The third-order valence-electron chi connectivity index (χ3n) is 5.18. The van der Waals surface area contributed by atoms with E-state index in [1.54, 1.807) is 12.1 Å². The van der Waals surface area contributed by atoms with Crippen LogP contribution in [0.4, 0.5) is 9.52 Å². The molecule has 0 saturated heterocycles. The third kappa shape index (κ3) is 3.71. The molecule has 1 aromatic carbocycles. The summed E-state index contributed by atoms with van der Waals surface area (Å²) in [5.74, 6) is -0.781. The van der Waals surface area contributed by atoms with Crippen LogP contribution in [-0.2, 0) is 25.4 Å². The number of para-hydroxylation sites is 1. The average molecular weight is 460 g/mol. The van der Waals surface area contributed by atoms with Gasteiger partial charge in [0.1, 0.15) is 17.9 Å². The first kappa shape index (κ1) is 21.8. The zero-order chi connectivity index (χ0) is 23.2. The molecular weight excluding hydrogens is 437 g/mol. The molecule has 0 atom stereocenters. The molecule has 0 bridgehead atoms. The lowest BCUT2D eigenvalue weighted by atomic mass is 10.3. The van der Waals surface area contributed by atoms with Crippen molar-refractivity contribution >= 4 is 43.8 Å². The highest BCUT2D eigenvalue weighted by atomic mass is 32.1. The standard InChI is InChI=1S/C20H22FN7O3S/c1-24(2)8-9-28(19-23-15-12(21)6-5-7-13(15)32-19)14(29)10-27-11-22-17-16(27)18(30)26(4)20(31)25(17)3/h5-7,11H,8-10H2,1-4H3. The molecule has 0 saturated carbocycles. The molecule has 0 unspecified atom stereocenters. The maximum Gasteiger partial charge on any atom is 0.332 e. The molecule has 0 aliphatic rings. The van der Waals surface area contributed by atoms with E-state index in [0.29, 0.717) is 22.9 Å². The van der Waals surface area contributed by atoms with Crippen molar-refractivity contribution in [1.29, 1.82) is 0 Å². The number of hydrogen-bond donors (Lipinski definition) is 0. The fourth-order valence-corrected chi connectivity index (χ4v) is 4.42. The first-order valence-corrected chi connectivity index (χ1v) is 10.6. The number of anilines is 1. The number of halogens is 1. The molecule has 12 heteroatoms. The number of likely N-dealkylation sites (N-methyl/N-ethyl adjacent to an activating group) is 1. The molecule has 0 aliphatic heterocycles. The van der Waals surface area contributed by atoms with E-state index in [1.165, 1.54) is 51.9 Å². The van der Waals surface area contributed by atoms with Gasteiger partial charge in [-0.05, 0) is 26.2 Å². The molecule has 1 amide bonds. The van der Waals surface area contributed by atoms with Crippen LogP contribution >= 0.6 is 11.3 Å². The highest BCUT2D eigenvalue weighted by Crippen LogP contribution is 2.30. The predicted octanol–water partition coefficient (Wildman–Crippen LogP) is 0.777. The van der Waals surface area contributed by atoms with Crippen molar-refractivity contribution < 1.29 is 9.18 Å². The molecule has 4 rings (SSSR count). The molecule has 3 heterocycles. The van der Waals surface area contributed by atoms with Crippen LogP contribution in [0.2, 0.25) is 0 Å². The number of rotatable bonds is 6. The lowest BCUT2D eigenvalue weighted by Gasteiger charge is -2.22. The van der Waals surface area contributed by atoms with Crippen LogP contribution in [0.3, 0.4) is 0 Å². The molecule has 3 aromatic heterocycles. The zero-order valence-electron chi connectivity index (χ0n) is 18.1. The van der Waals surface area contributed by atoms with Gasteiger partial charge in [-0.15, -0.1) is 0 Å². The van der Waals surface area contributed by atoms with Gasteiger partial charge in [0.15, 0.2) is 16.3 Å². The Bertz CT molecular complexity index is 1450. The van der Waals surface area contributed by atoms with Gasteiger partial charge in [-0.3, -0.25) is 23.6 Å². The van der Waals surface area contributed by atoms with Crippen LogP contribution in [0.15, 0.2) is 34.1 Å². The van der Waals surface area contributed by atoms with E-state index < -0.39 is 17.1 Å². The largest absolute Gasteiger partial charge is 0.332 e. The molecular formula is C20H22FN7O3S. The van der Waals surface area contributed by atoms with Crippen molar-refractivity contribution in [2.75, 3.05) is 32.1 Å². The van der Waals surface area contributed by atoms with E-state index in [9.17, 15) is 18.8 Å². The summed E-state index contributed by atoms with van der Waals surface area (Å²) in [5.41, 5.74) is -0.454. The third-order valence-corrected chi connectivity index (χ3v) is 6.23. The van der Waals surface area contributed by atoms with Crippen LogP contribution < -0.4 is 16.1 Å². The minimum Gasteiger partial charge on any atom is -0.315 e. The Balaban J connectivity index is 1.74. The van der Waals surface area contributed by atoms with Crippen molar-refractivity contribution in [2.45, 2.75) is 6.54 Å². The van der Waals surface area contributed by atoms with E-state index in [4.69, 9.17) is 0 Å². The highest BCUT2D eigenvalue weighted by molar-refractivity contribution is 7.22. The van der Waals surface area contributed by atoms with Crippen molar-refractivity contribution in [3.05, 3.63) is 51.2 Å². The first-order chi connectivity index (χ1) is 15.2. The summed E-state index contributed by atoms with van der Waals surface area (Å²) in [7, 11) is 6.66. The number of nitrogens with zero attached hydrogens (tertiary/aromatic N) is 7. The van der Waals surface area contributed by atoms with Crippen LogP contribution in [-0.4, -0.2) is 61.7 Å². The molecule has 0 radical (unpaired) electrons. The number of aryl methyl sites for hydroxylation is 1. The molecule has 10 nitrogen and oxygen atoms in total. The summed E-state index contributed by atoms with van der Waals surface area (Å²) in [4.78, 5) is 50.1. The van der Waals surface area contributed by atoms with Gasteiger partial charge in [-0.25, -0.2) is 19.2 Å². The number of carbonyl (C=O) groups excluding carboxylic acids is 1. The van der Waals surface area contributed by atoms with Gasteiger partial charge in [0.2, 0.25) is 5.91 Å². The lowest BCUT2D eigenvalue weighted by Crippen LogP contribution is -2.40. The van der Waals surface area contributed by atoms with E-state index in [0.717, 1.165) is 4.57 Å². The monoisotopic (exact) mass is 459 g/mol. The molecule has 0 spiro atoms. The first-order valence-electron chi connectivity index (χ1n) is 9.80. The molecule has 168 valence electrons. The number of amides is 1. The average Bonchev–Trinajstić information content (AvgIpc) is 3.36. The summed E-state index contributed by atoms with van der Waals surface area (Å²) in [6, 6.07) is 4.68. The molecule has 0 fully saturated rings. The lowest BCUT2D eigenvalue weighted by molar-refractivity contribution is -0.119. The smallest absolute Gasteiger partial charge is 0.315 e. The Morgan fingerprint density at radius 2 is 1.91 bits per heavy atom. The number of fused-ring (bicyclic) bond motifs is 2. The second kappa shape index (κ2) is 8.28. The van der Waals surface area contributed by atoms with E-state index in [1.807, 2.05) is 19.0 Å². The summed E-state index contributed by atoms with van der Waals surface area (Å²) < 4.78 is 18.5. The Morgan fingerprint density at radius 3 is 2.59 bits per heavy atom. The van der Waals surface area contributed by atoms with Crippen LogP contribution in [0, 0.1) is 5.82 Å². The number of hydrogen-bond acceptors (Lipinski definition) is 7. The maximum atomic E-state index is 14.2. The Kier molecular flexibility index (Phi) is 5.65. The fourth-order valence-electron chi connectivity index (χ4n) is 3.39. The predicted molar refractivity (Wildman–Crippen MR) is 121 cm³/mol. The topological polar surface area (TPSA) is 98.3 Å². The number of benzene rings is 1. The van der Waals surface area contributed by atoms with Crippen molar-refractivity contribution in [1.82, 2.24) is 28.6 Å². The summed E-state index contributed by atoms with van der Waals surface area (Å²) in [5, 5.41) is 0.377. The quantitative estimate of drug-likeness (QED) is 0.423. The summed E-state index contributed by atoms with van der Waals surface area (Å²) in [6.07, 6.45) is 1.37. The van der Waals surface area contributed by atoms with Gasteiger partial charge in [0.25, 0.3) is 5.56 Å². The van der Waals surface area contributed by atoms with Crippen LogP contribution in [0.1, 0.15) is 0 Å². The van der Waals surface area contributed by atoms with Crippen molar-refractivity contribution in [2.24, 2.45) is 14.1 Å². The van der Waals surface area contributed by atoms with E-state index >= 15 is 0 Å². The summed E-state index contributed by atoms with van der Waals surface area (Å²) >= 11 is 1.23. The number of imidazole rings is 1. The number of thiazole rings is 1. The van der Waals surface area contributed by atoms with Gasteiger partial charge >= 0.3 is 5.69 Å². The van der Waals surface area contributed by atoms with Gasteiger partial charge in [-0.2, -0.15) is 0 Å². The minimum atomic E-state index is -0.532. The molecule has 32 heavy (non-hydrogen) atoms. The Morgan fingerprint density at radius 1 is 1.16 bits per heavy atom. The van der Waals surface area contributed by atoms with Gasteiger partial charge < -0.3 is 9.47 Å².